The summed E-state index contributed by atoms with van der Waals surface area (Å²) in [6.45, 7) is 0. The summed E-state index contributed by atoms with van der Waals surface area (Å²) < 4.78 is 18.9. The zero-order valence-electron chi connectivity index (χ0n) is 17.9. The van der Waals surface area contributed by atoms with Crippen LogP contribution in [0.3, 0.4) is 0 Å². The van der Waals surface area contributed by atoms with Crippen molar-refractivity contribution in [3.05, 3.63) is 95.7 Å². The minimum atomic E-state index is -0.387. The quantitative estimate of drug-likeness (QED) is 0.205. The summed E-state index contributed by atoms with van der Waals surface area (Å²) in [5, 5.41) is 9.10. The van der Waals surface area contributed by atoms with Gasteiger partial charge in [0.25, 0.3) is 5.91 Å². The van der Waals surface area contributed by atoms with E-state index in [0.29, 0.717) is 39.8 Å². The number of hydrazine groups is 1. The van der Waals surface area contributed by atoms with E-state index >= 15 is 0 Å². The van der Waals surface area contributed by atoms with Crippen molar-refractivity contribution in [1.29, 1.82) is 0 Å². The number of carbonyl (C=O) groups excluding carboxylic acids is 1. The number of hydrogen-bond donors (Lipinski definition) is 2. The Labute approximate surface area is 208 Å². The van der Waals surface area contributed by atoms with E-state index in [9.17, 15) is 9.18 Å². The zero-order chi connectivity index (χ0) is 23.7. The molecular weight excluding hydrogens is 550 g/mol. The third-order valence-corrected chi connectivity index (χ3v) is 6.43. The normalized spacial score (nSPS) is 14.9. The van der Waals surface area contributed by atoms with Crippen molar-refractivity contribution in [3.8, 4) is 17.0 Å². The highest BCUT2D eigenvalue weighted by Crippen LogP contribution is 2.43. The van der Waals surface area contributed by atoms with E-state index < -0.39 is 0 Å². The van der Waals surface area contributed by atoms with Gasteiger partial charge in [0.2, 0.25) is 0 Å². The molecule has 10 heteroatoms. The van der Waals surface area contributed by atoms with Crippen LogP contribution in [0.15, 0.2) is 78.0 Å². The number of amides is 1. The molecule has 2 aromatic heterocycles. The predicted octanol–water partition coefficient (Wildman–Crippen LogP) is 4.79. The van der Waals surface area contributed by atoms with Gasteiger partial charge in [0.15, 0.2) is 5.84 Å². The lowest BCUT2D eigenvalue weighted by atomic mass is 10.1. The molecule has 0 fully saturated rings. The van der Waals surface area contributed by atoms with Crippen LogP contribution >= 0.6 is 22.6 Å². The van der Waals surface area contributed by atoms with Gasteiger partial charge < -0.3 is 4.74 Å². The lowest BCUT2D eigenvalue weighted by Crippen LogP contribution is -2.48. The number of amidine groups is 1. The molecule has 2 aromatic carbocycles. The molecule has 1 atom stereocenters. The minimum Gasteiger partial charge on any atom is -0.497 e. The number of methoxy groups -OCH3 is 1. The summed E-state index contributed by atoms with van der Waals surface area (Å²) in [5.74, 6) is 0.436. The number of H-pyrrole nitrogens is 1. The van der Waals surface area contributed by atoms with E-state index in [4.69, 9.17) is 9.73 Å². The van der Waals surface area contributed by atoms with E-state index in [-0.39, 0.29) is 15.8 Å². The molecule has 0 radical (unpaired) electrons. The van der Waals surface area contributed by atoms with Crippen molar-refractivity contribution in [2.24, 2.45) is 4.99 Å². The molecule has 8 nitrogen and oxygen atoms in total. The molecule has 0 saturated carbocycles. The Balaban J connectivity index is 1.62. The Bertz CT molecular complexity index is 1390. The maximum atomic E-state index is 13.9. The van der Waals surface area contributed by atoms with Crippen LogP contribution in [0.4, 0.5) is 10.1 Å². The fraction of sp³-hybridized carbons (Fsp3) is 0.0833. The van der Waals surface area contributed by atoms with Gasteiger partial charge in [-0.15, -0.1) is 0 Å². The van der Waals surface area contributed by atoms with Crippen molar-refractivity contribution in [2.45, 2.75) is 4.05 Å². The third-order valence-electron chi connectivity index (χ3n) is 5.25. The highest BCUT2D eigenvalue weighted by atomic mass is 127. The number of nitrogens with zero attached hydrogens (tertiary/aromatic N) is 4. The van der Waals surface area contributed by atoms with Crippen LogP contribution in [-0.4, -0.2) is 39.0 Å². The molecule has 3 heterocycles. The number of alkyl halides is 1. The molecule has 0 bridgehead atoms. The number of aliphatic imine (C=N–C) groups is 1. The van der Waals surface area contributed by atoms with Crippen LogP contribution in [0, 0.1) is 5.82 Å². The Morgan fingerprint density at radius 3 is 2.74 bits per heavy atom. The summed E-state index contributed by atoms with van der Waals surface area (Å²) in [6, 6.07) is 17.0. The monoisotopic (exact) mass is 568 g/mol. The van der Waals surface area contributed by atoms with Gasteiger partial charge in [-0.25, -0.2) is 14.4 Å². The number of pyridine rings is 1. The minimum absolute atomic E-state index is 0.335. The molecule has 0 saturated heterocycles. The number of ether oxygens (including phenoxy) is 1. The van der Waals surface area contributed by atoms with E-state index in [1.165, 1.54) is 18.3 Å². The number of benzene rings is 2. The molecule has 5 rings (SSSR count). The van der Waals surface area contributed by atoms with Gasteiger partial charge in [-0.05, 0) is 59.0 Å². The van der Waals surface area contributed by atoms with Gasteiger partial charge in [-0.2, -0.15) is 5.10 Å². The van der Waals surface area contributed by atoms with E-state index in [1.54, 1.807) is 42.6 Å². The summed E-state index contributed by atoms with van der Waals surface area (Å²) in [7, 11) is 1.58. The molecule has 1 aliphatic rings. The first-order valence-corrected chi connectivity index (χ1v) is 11.5. The van der Waals surface area contributed by atoms with E-state index in [1.807, 2.05) is 24.3 Å². The van der Waals surface area contributed by atoms with Gasteiger partial charge in [-0.1, -0.05) is 24.3 Å². The fourth-order valence-electron chi connectivity index (χ4n) is 3.61. The largest absolute Gasteiger partial charge is 0.497 e. The number of nitrogens with one attached hydrogen (secondary N) is 2. The van der Waals surface area contributed by atoms with Gasteiger partial charge in [0.1, 0.15) is 27.0 Å². The van der Waals surface area contributed by atoms with Gasteiger partial charge >= 0.3 is 0 Å². The third kappa shape index (κ3) is 4.12. The molecule has 1 aliphatic heterocycles. The van der Waals surface area contributed by atoms with Gasteiger partial charge in [0, 0.05) is 23.5 Å². The topological polar surface area (TPSA) is 95.5 Å². The lowest BCUT2D eigenvalue weighted by Gasteiger charge is -2.33. The smallest absolute Gasteiger partial charge is 0.271 e. The molecule has 170 valence electrons. The average molecular weight is 568 g/mol. The number of carbonyl (C=O) groups is 1. The van der Waals surface area contributed by atoms with Crippen LogP contribution in [0.1, 0.15) is 25.7 Å². The van der Waals surface area contributed by atoms with Crippen LogP contribution in [0.25, 0.3) is 11.3 Å². The Morgan fingerprint density at radius 1 is 1.15 bits per heavy atom. The number of hydrogen-bond acceptors (Lipinski definition) is 6. The number of aromatic nitrogens is 3. The second-order valence-electron chi connectivity index (χ2n) is 7.40. The number of rotatable bonds is 5. The SMILES string of the molecule is COc1cccc(C2=Nc3c(-c4cccc(F)c4)n[nH]c3C(I)N2NC(=O)c2cccnc2)c1. The Kier molecular flexibility index (Phi) is 5.97. The van der Waals surface area contributed by atoms with E-state index in [2.05, 4.69) is 43.2 Å². The standard InChI is InChI=1S/C24H18FIN6O2/c1-34-18-9-3-6-15(12-18)23-28-20-19(14-5-2-8-17(25)11-14)29-30-21(20)22(26)32(23)31-24(33)16-7-4-10-27-13-16/h2-13,22H,1H3,(H,29,30)(H,31,33). The molecule has 2 N–H and O–H groups in total. The van der Waals surface area contributed by atoms with Crippen LogP contribution in [0.5, 0.6) is 5.75 Å². The molecule has 0 spiro atoms. The summed E-state index contributed by atoms with van der Waals surface area (Å²) in [6.07, 6.45) is 3.10. The predicted molar refractivity (Wildman–Crippen MR) is 133 cm³/mol. The molecule has 1 amide bonds. The summed E-state index contributed by atoms with van der Waals surface area (Å²) in [5.41, 5.74) is 6.45. The Morgan fingerprint density at radius 2 is 1.97 bits per heavy atom. The van der Waals surface area contributed by atoms with Crippen molar-refractivity contribution in [2.75, 3.05) is 7.11 Å². The number of aromatic amines is 1. The first-order chi connectivity index (χ1) is 16.5. The molecule has 1 unspecified atom stereocenters. The van der Waals surface area contributed by atoms with E-state index in [0.717, 1.165) is 5.56 Å². The summed E-state index contributed by atoms with van der Waals surface area (Å²) in [4.78, 5) is 21.9. The Hall–Kier alpha value is -3.80. The maximum absolute atomic E-state index is 13.9. The van der Waals surface area contributed by atoms with Crippen molar-refractivity contribution in [3.63, 3.8) is 0 Å². The zero-order valence-corrected chi connectivity index (χ0v) is 20.0. The van der Waals surface area contributed by atoms with Crippen molar-refractivity contribution >= 4 is 40.0 Å². The number of halogens is 2. The van der Waals surface area contributed by atoms with Crippen molar-refractivity contribution in [1.82, 2.24) is 25.6 Å². The molecule has 34 heavy (non-hydrogen) atoms. The van der Waals surface area contributed by atoms with Crippen molar-refractivity contribution < 1.29 is 13.9 Å². The van der Waals surface area contributed by atoms with Crippen LogP contribution in [0.2, 0.25) is 0 Å². The second kappa shape index (κ2) is 9.21. The molecular formula is C24H18FIN6O2. The lowest BCUT2D eigenvalue weighted by molar-refractivity contribution is 0.0864. The average Bonchev–Trinajstić information content (AvgIpc) is 3.30. The van der Waals surface area contributed by atoms with Crippen LogP contribution in [-0.2, 0) is 0 Å². The second-order valence-corrected chi connectivity index (χ2v) is 8.58. The highest BCUT2D eigenvalue weighted by molar-refractivity contribution is 14.1. The molecule has 0 aliphatic carbocycles. The van der Waals surface area contributed by atoms with Gasteiger partial charge in [-0.3, -0.25) is 20.3 Å². The van der Waals surface area contributed by atoms with Gasteiger partial charge in [0.05, 0.1) is 18.4 Å². The first kappa shape index (κ1) is 22.0. The summed E-state index contributed by atoms with van der Waals surface area (Å²) >= 11 is 2.20. The maximum Gasteiger partial charge on any atom is 0.271 e. The molecule has 4 aromatic rings. The number of fused-ring (bicyclic) bond motifs is 1. The fourth-order valence-corrected chi connectivity index (χ4v) is 4.45. The van der Waals surface area contributed by atoms with Crippen LogP contribution < -0.4 is 10.2 Å². The first-order valence-electron chi connectivity index (χ1n) is 10.3. The highest BCUT2D eigenvalue weighted by Gasteiger charge is 2.34.